The molecule has 130 valence electrons. The van der Waals surface area contributed by atoms with Crippen LogP contribution in [-0.4, -0.2) is 44.6 Å². The summed E-state index contributed by atoms with van der Waals surface area (Å²) in [6.45, 7) is 2.62. The first-order valence-corrected chi connectivity index (χ1v) is 9.65. The molecule has 3 aromatic heterocycles. The summed E-state index contributed by atoms with van der Waals surface area (Å²) in [6, 6.07) is 0. The molecule has 0 spiro atoms. The Kier molecular flexibility index (Phi) is 4.44. The second kappa shape index (κ2) is 6.26. The lowest BCUT2D eigenvalue weighted by molar-refractivity contribution is 0.575. The van der Waals surface area contributed by atoms with Gasteiger partial charge in [0.05, 0.1) is 0 Å². The lowest BCUT2D eigenvalue weighted by Gasteiger charge is -2.09. The van der Waals surface area contributed by atoms with Gasteiger partial charge in [0.15, 0.2) is 15.9 Å². The number of nitrogens with zero attached hydrogens (tertiary/aromatic N) is 5. The Labute approximate surface area is 145 Å². The monoisotopic (exact) mass is 417 g/mol. The van der Waals surface area contributed by atoms with Crippen LogP contribution in [0.2, 0.25) is 0 Å². The van der Waals surface area contributed by atoms with Crippen molar-refractivity contribution in [1.82, 2.24) is 33.9 Å². The van der Waals surface area contributed by atoms with Gasteiger partial charge in [0.2, 0.25) is 5.78 Å². The minimum Gasteiger partial charge on any atom is -0.327 e. The molecule has 10 nitrogen and oxygen atoms in total. The zero-order valence-corrected chi connectivity index (χ0v) is 15.5. The fraction of sp³-hybridized carbons (Fsp3) is 0.500. The number of aryl methyl sites for hydroxylation is 1. The van der Waals surface area contributed by atoms with Crippen LogP contribution < -0.4 is 10.3 Å². The van der Waals surface area contributed by atoms with E-state index >= 15 is 0 Å². The summed E-state index contributed by atoms with van der Waals surface area (Å²) < 4.78 is 29.5. The molecule has 12 heteroatoms. The molecule has 0 bridgehead atoms. The van der Waals surface area contributed by atoms with E-state index in [0.717, 1.165) is 23.7 Å². The third kappa shape index (κ3) is 2.63. The van der Waals surface area contributed by atoms with E-state index < -0.39 is 20.7 Å². The predicted molar refractivity (Wildman–Crippen MR) is 90.4 cm³/mol. The molecular weight excluding hydrogens is 402 g/mol. The van der Waals surface area contributed by atoms with Crippen LogP contribution in [0.15, 0.2) is 14.7 Å². The van der Waals surface area contributed by atoms with Crippen LogP contribution in [0, 0.1) is 0 Å². The van der Waals surface area contributed by atoms with Crippen molar-refractivity contribution in [3.8, 4) is 0 Å². The van der Waals surface area contributed by atoms with Crippen LogP contribution in [0.3, 0.4) is 0 Å². The lowest BCUT2D eigenvalue weighted by atomic mass is 10.2. The highest BCUT2D eigenvalue weighted by molar-refractivity contribution is 9.10. The zero-order valence-electron chi connectivity index (χ0n) is 13.1. The predicted octanol–water partition coefficient (Wildman–Crippen LogP) is 0.628. The van der Waals surface area contributed by atoms with Crippen molar-refractivity contribution in [2.75, 3.05) is 7.05 Å². The number of H-pyrrole nitrogens is 1. The maximum atomic E-state index is 12.7. The maximum absolute atomic E-state index is 12.7. The Hall–Kier alpha value is -1.79. The van der Waals surface area contributed by atoms with Gasteiger partial charge in [-0.15, -0.1) is 10.2 Å². The number of rotatable bonds is 6. The Morgan fingerprint density at radius 3 is 2.71 bits per heavy atom. The molecule has 3 heterocycles. The van der Waals surface area contributed by atoms with E-state index in [1.807, 2.05) is 0 Å². The van der Waals surface area contributed by atoms with Crippen molar-refractivity contribution in [1.29, 1.82) is 0 Å². The molecule has 0 aliphatic heterocycles. The largest absolute Gasteiger partial charge is 0.327 e. The molecular formula is C12H16BrN7O3S. The van der Waals surface area contributed by atoms with Crippen molar-refractivity contribution in [3.63, 3.8) is 0 Å². The highest BCUT2D eigenvalue weighted by Crippen LogP contribution is 2.17. The van der Waals surface area contributed by atoms with E-state index in [1.165, 1.54) is 7.05 Å². The number of sulfonamides is 1. The van der Waals surface area contributed by atoms with Crippen LogP contribution in [0.25, 0.3) is 16.9 Å². The molecule has 0 aromatic carbocycles. The second-order valence-corrected chi connectivity index (χ2v) is 7.75. The lowest BCUT2D eigenvalue weighted by Crippen LogP contribution is -2.27. The molecule has 0 amide bonds. The summed E-state index contributed by atoms with van der Waals surface area (Å²) in [4.78, 5) is 19.8. The summed E-state index contributed by atoms with van der Waals surface area (Å²) in [5.74, 6) is 0.149. The SMILES string of the molecule is CCCCCn1c2nc(Br)[nH]c2c(=O)n2c(S(=O)(=O)NC)nnc12. The number of unbranched alkanes of at least 4 members (excludes halogenated alkanes) is 2. The number of aromatic amines is 1. The van der Waals surface area contributed by atoms with Crippen LogP contribution in [0.4, 0.5) is 0 Å². The number of nitrogens with one attached hydrogen (secondary N) is 2. The van der Waals surface area contributed by atoms with Gasteiger partial charge in [-0.3, -0.25) is 9.36 Å². The van der Waals surface area contributed by atoms with Crippen LogP contribution in [0.5, 0.6) is 0 Å². The summed E-state index contributed by atoms with van der Waals surface area (Å²) in [5, 5.41) is 7.18. The topological polar surface area (TPSA) is 127 Å². The van der Waals surface area contributed by atoms with Crippen molar-refractivity contribution in [3.05, 3.63) is 15.1 Å². The molecule has 0 atom stereocenters. The molecule has 2 N–H and O–H groups in total. The first-order valence-electron chi connectivity index (χ1n) is 7.37. The van der Waals surface area contributed by atoms with Crippen LogP contribution >= 0.6 is 15.9 Å². The standard InChI is InChI=1S/C12H16BrN7O3S/c1-3-4-5-6-19-8-7(15-10(13)16-8)9(21)20-11(19)17-18-12(20)24(22,23)14-2/h14H,3-6H2,1-2H3,(H,15,16). The Balaban J connectivity index is 2.38. The third-order valence-corrected chi connectivity index (χ3v) is 5.34. The molecule has 0 saturated carbocycles. The molecule has 0 aliphatic rings. The molecule has 3 rings (SSSR count). The number of halogens is 1. The van der Waals surface area contributed by atoms with Gasteiger partial charge in [-0.2, -0.15) is 0 Å². The van der Waals surface area contributed by atoms with E-state index in [0.29, 0.717) is 16.9 Å². The summed E-state index contributed by atoms with van der Waals surface area (Å²) >= 11 is 3.21. The first-order chi connectivity index (χ1) is 11.4. The van der Waals surface area contributed by atoms with Gasteiger partial charge < -0.3 is 4.98 Å². The Bertz CT molecular complexity index is 1070. The fourth-order valence-corrected chi connectivity index (χ4v) is 3.59. The number of imidazole rings is 1. The quantitative estimate of drug-likeness (QED) is 0.447. The number of fused-ring (bicyclic) bond motifs is 2. The molecule has 24 heavy (non-hydrogen) atoms. The summed E-state index contributed by atoms with van der Waals surface area (Å²) in [5.41, 5.74) is 0.0401. The van der Waals surface area contributed by atoms with Gasteiger partial charge >= 0.3 is 0 Å². The van der Waals surface area contributed by atoms with Gasteiger partial charge in [-0.25, -0.2) is 22.5 Å². The Morgan fingerprint density at radius 2 is 2.04 bits per heavy atom. The van der Waals surface area contributed by atoms with Crippen LogP contribution in [-0.2, 0) is 16.6 Å². The van der Waals surface area contributed by atoms with Gasteiger partial charge in [-0.05, 0) is 29.4 Å². The average molecular weight is 418 g/mol. The summed E-state index contributed by atoms with van der Waals surface area (Å²) in [6.07, 6.45) is 2.85. The van der Waals surface area contributed by atoms with E-state index in [2.05, 4.69) is 47.7 Å². The number of hydrogen-bond acceptors (Lipinski definition) is 6. The highest BCUT2D eigenvalue weighted by Gasteiger charge is 2.25. The van der Waals surface area contributed by atoms with Crippen molar-refractivity contribution in [2.45, 2.75) is 37.9 Å². The van der Waals surface area contributed by atoms with E-state index in [4.69, 9.17) is 0 Å². The van der Waals surface area contributed by atoms with Gasteiger partial charge in [-0.1, -0.05) is 19.8 Å². The van der Waals surface area contributed by atoms with Gasteiger partial charge in [0, 0.05) is 6.54 Å². The van der Waals surface area contributed by atoms with E-state index in [-0.39, 0.29) is 11.3 Å². The van der Waals surface area contributed by atoms with Crippen molar-refractivity contribution < 1.29 is 8.42 Å². The van der Waals surface area contributed by atoms with Gasteiger partial charge in [0.1, 0.15) is 0 Å². The van der Waals surface area contributed by atoms with Gasteiger partial charge in [0.25, 0.3) is 20.7 Å². The third-order valence-electron chi connectivity index (χ3n) is 3.68. The molecule has 0 radical (unpaired) electrons. The molecule has 0 unspecified atom stereocenters. The molecule has 0 saturated heterocycles. The minimum atomic E-state index is -3.93. The first kappa shape index (κ1) is 17.0. The Morgan fingerprint density at radius 1 is 1.29 bits per heavy atom. The zero-order chi connectivity index (χ0) is 17.5. The smallest absolute Gasteiger partial charge is 0.287 e. The number of aromatic nitrogens is 6. The average Bonchev–Trinajstić information content (AvgIpc) is 3.15. The second-order valence-electron chi connectivity index (χ2n) is 5.22. The fourth-order valence-electron chi connectivity index (χ4n) is 2.49. The normalized spacial score (nSPS) is 12.5. The number of hydrogen-bond donors (Lipinski definition) is 2. The van der Waals surface area contributed by atoms with E-state index in [9.17, 15) is 13.2 Å². The minimum absolute atomic E-state index is 0.149. The van der Waals surface area contributed by atoms with Crippen molar-refractivity contribution >= 4 is 42.9 Å². The molecule has 0 aliphatic carbocycles. The van der Waals surface area contributed by atoms with Crippen LogP contribution in [0.1, 0.15) is 26.2 Å². The molecule has 0 fully saturated rings. The molecule has 3 aromatic rings. The highest BCUT2D eigenvalue weighted by atomic mass is 79.9. The maximum Gasteiger partial charge on any atom is 0.287 e. The van der Waals surface area contributed by atoms with Crippen molar-refractivity contribution in [2.24, 2.45) is 0 Å². The summed E-state index contributed by atoms with van der Waals surface area (Å²) in [7, 11) is -2.68. The van der Waals surface area contributed by atoms with E-state index in [1.54, 1.807) is 4.57 Å².